The van der Waals surface area contributed by atoms with E-state index in [0.29, 0.717) is 6.54 Å². The lowest BCUT2D eigenvalue weighted by Crippen LogP contribution is -2.29. The molecule has 7 heteroatoms. The van der Waals surface area contributed by atoms with Crippen molar-refractivity contribution in [1.82, 2.24) is 19.7 Å². The minimum Gasteiger partial charge on any atom is -0.496 e. The highest BCUT2D eigenvalue weighted by atomic mass is 32.2. The lowest BCUT2D eigenvalue weighted by atomic mass is 10.2. The molecule has 1 unspecified atom stereocenters. The zero-order chi connectivity index (χ0) is 17.0. The molecule has 2 rings (SSSR count). The number of methoxy groups -OCH3 is 1. The molecule has 0 bridgehead atoms. The Labute approximate surface area is 140 Å². The summed E-state index contributed by atoms with van der Waals surface area (Å²) in [5.41, 5.74) is 0.891. The molecular weight excluding hydrogens is 312 g/mol. The summed E-state index contributed by atoms with van der Waals surface area (Å²) in [4.78, 5) is 13.6. The van der Waals surface area contributed by atoms with E-state index in [0.717, 1.165) is 22.3 Å². The molecule has 0 fully saturated rings. The van der Waals surface area contributed by atoms with Gasteiger partial charge in [0.25, 0.3) is 0 Å². The normalized spacial score (nSPS) is 12.0. The maximum absolute atomic E-state index is 12.1. The standard InChI is InChI=1S/C16H22N4O2S/c1-6-20-14(12-9-7-8-10-13(12)22-5)17-18-16(20)23-11(2)15(21)19(3)4/h7-11H,6H2,1-5H3. The molecule has 124 valence electrons. The number of hydrogen-bond acceptors (Lipinski definition) is 5. The number of nitrogens with zero attached hydrogens (tertiary/aromatic N) is 4. The van der Waals surface area contributed by atoms with Gasteiger partial charge in [-0.3, -0.25) is 4.79 Å². The van der Waals surface area contributed by atoms with Gasteiger partial charge in [0.2, 0.25) is 5.91 Å². The lowest BCUT2D eigenvalue weighted by Gasteiger charge is -2.16. The van der Waals surface area contributed by atoms with E-state index >= 15 is 0 Å². The summed E-state index contributed by atoms with van der Waals surface area (Å²) >= 11 is 1.42. The van der Waals surface area contributed by atoms with Crippen LogP contribution in [0.4, 0.5) is 0 Å². The fourth-order valence-electron chi connectivity index (χ4n) is 2.26. The van der Waals surface area contributed by atoms with Crippen LogP contribution in [0.3, 0.4) is 0 Å². The Kier molecular flexibility index (Phi) is 5.65. The molecule has 2 aromatic rings. The predicted molar refractivity (Wildman–Crippen MR) is 91.7 cm³/mol. The first-order chi connectivity index (χ1) is 11.0. The van der Waals surface area contributed by atoms with Crippen LogP contribution < -0.4 is 4.74 Å². The molecule has 0 spiro atoms. The molecule has 0 radical (unpaired) electrons. The molecular formula is C16H22N4O2S. The number of ether oxygens (including phenoxy) is 1. The monoisotopic (exact) mass is 334 g/mol. The molecule has 1 atom stereocenters. The minimum atomic E-state index is -0.218. The summed E-state index contributed by atoms with van der Waals surface area (Å²) in [6, 6.07) is 7.72. The number of aromatic nitrogens is 3. The van der Waals surface area contributed by atoms with E-state index in [1.165, 1.54) is 11.8 Å². The van der Waals surface area contributed by atoms with Gasteiger partial charge < -0.3 is 14.2 Å². The Morgan fingerprint density at radius 1 is 1.35 bits per heavy atom. The highest BCUT2D eigenvalue weighted by Crippen LogP contribution is 2.32. The molecule has 1 aromatic heterocycles. The molecule has 1 aromatic carbocycles. The van der Waals surface area contributed by atoms with Crippen molar-refractivity contribution in [3.05, 3.63) is 24.3 Å². The number of thioether (sulfide) groups is 1. The second-order valence-electron chi connectivity index (χ2n) is 5.24. The first-order valence-electron chi connectivity index (χ1n) is 7.44. The third kappa shape index (κ3) is 3.67. The average molecular weight is 334 g/mol. The van der Waals surface area contributed by atoms with E-state index in [9.17, 15) is 4.79 Å². The van der Waals surface area contributed by atoms with Crippen molar-refractivity contribution >= 4 is 17.7 Å². The number of carbonyl (C=O) groups is 1. The van der Waals surface area contributed by atoms with Crippen molar-refractivity contribution < 1.29 is 9.53 Å². The second-order valence-corrected chi connectivity index (χ2v) is 6.55. The van der Waals surface area contributed by atoms with Crippen LogP contribution >= 0.6 is 11.8 Å². The third-order valence-corrected chi connectivity index (χ3v) is 4.52. The third-order valence-electron chi connectivity index (χ3n) is 3.45. The number of hydrogen-bond donors (Lipinski definition) is 0. The van der Waals surface area contributed by atoms with Crippen LogP contribution in [0, 0.1) is 0 Å². The maximum atomic E-state index is 12.1. The number of amides is 1. The minimum absolute atomic E-state index is 0.0551. The Hall–Kier alpha value is -2.02. The molecule has 0 saturated carbocycles. The number of rotatable bonds is 6. The molecule has 6 nitrogen and oxygen atoms in total. The van der Waals surface area contributed by atoms with Crippen molar-refractivity contribution in [2.24, 2.45) is 0 Å². The summed E-state index contributed by atoms with van der Waals surface area (Å²) in [6.45, 7) is 4.63. The van der Waals surface area contributed by atoms with Gasteiger partial charge in [-0.25, -0.2) is 0 Å². The first-order valence-corrected chi connectivity index (χ1v) is 8.32. The Bertz CT molecular complexity index is 684. The fraction of sp³-hybridized carbons (Fsp3) is 0.438. The smallest absolute Gasteiger partial charge is 0.235 e. The largest absolute Gasteiger partial charge is 0.496 e. The van der Waals surface area contributed by atoms with Crippen molar-refractivity contribution in [3.63, 3.8) is 0 Å². The Morgan fingerprint density at radius 2 is 2.04 bits per heavy atom. The van der Waals surface area contributed by atoms with Gasteiger partial charge in [0.05, 0.1) is 17.9 Å². The average Bonchev–Trinajstić information content (AvgIpc) is 2.96. The predicted octanol–water partition coefficient (Wildman–Crippen LogP) is 2.54. The van der Waals surface area contributed by atoms with Gasteiger partial charge in [-0.15, -0.1) is 10.2 Å². The van der Waals surface area contributed by atoms with Gasteiger partial charge in [0, 0.05) is 20.6 Å². The van der Waals surface area contributed by atoms with E-state index in [1.807, 2.05) is 42.7 Å². The molecule has 0 aliphatic carbocycles. The highest BCUT2D eigenvalue weighted by molar-refractivity contribution is 8.00. The van der Waals surface area contributed by atoms with Gasteiger partial charge in [-0.1, -0.05) is 23.9 Å². The lowest BCUT2D eigenvalue weighted by molar-refractivity contribution is -0.127. The zero-order valence-corrected chi connectivity index (χ0v) is 14.9. The van der Waals surface area contributed by atoms with Crippen molar-refractivity contribution in [2.75, 3.05) is 21.2 Å². The van der Waals surface area contributed by atoms with E-state index in [1.54, 1.807) is 26.1 Å². The van der Waals surface area contributed by atoms with Crippen molar-refractivity contribution in [1.29, 1.82) is 0 Å². The number of carbonyl (C=O) groups excluding carboxylic acids is 1. The van der Waals surface area contributed by atoms with E-state index in [2.05, 4.69) is 10.2 Å². The number of para-hydroxylation sites is 1. The highest BCUT2D eigenvalue weighted by Gasteiger charge is 2.22. The molecule has 0 N–H and O–H groups in total. The zero-order valence-electron chi connectivity index (χ0n) is 14.1. The van der Waals surface area contributed by atoms with Gasteiger partial charge in [0.15, 0.2) is 11.0 Å². The first kappa shape index (κ1) is 17.3. The molecule has 1 heterocycles. The topological polar surface area (TPSA) is 60.2 Å². The SMILES string of the molecule is CCn1c(SC(C)C(=O)N(C)C)nnc1-c1ccccc1OC. The van der Waals surface area contributed by atoms with E-state index < -0.39 is 0 Å². The Morgan fingerprint density at radius 3 is 2.65 bits per heavy atom. The molecule has 1 amide bonds. The summed E-state index contributed by atoms with van der Waals surface area (Å²) in [5.74, 6) is 1.56. The van der Waals surface area contributed by atoms with Crippen LogP contribution in [-0.4, -0.2) is 52.0 Å². The Balaban J connectivity index is 2.35. The number of benzene rings is 1. The van der Waals surface area contributed by atoms with Gasteiger partial charge in [-0.2, -0.15) is 0 Å². The summed E-state index contributed by atoms with van der Waals surface area (Å²) in [5, 5.41) is 9.10. The van der Waals surface area contributed by atoms with Crippen LogP contribution in [-0.2, 0) is 11.3 Å². The van der Waals surface area contributed by atoms with Crippen LogP contribution in [0.15, 0.2) is 29.4 Å². The summed E-state index contributed by atoms with van der Waals surface area (Å²) in [6.07, 6.45) is 0. The van der Waals surface area contributed by atoms with Crippen LogP contribution in [0.2, 0.25) is 0 Å². The van der Waals surface area contributed by atoms with Crippen LogP contribution in [0.1, 0.15) is 13.8 Å². The van der Waals surface area contributed by atoms with E-state index in [4.69, 9.17) is 4.74 Å². The molecule has 23 heavy (non-hydrogen) atoms. The quantitative estimate of drug-likeness (QED) is 0.760. The van der Waals surface area contributed by atoms with Crippen LogP contribution in [0.5, 0.6) is 5.75 Å². The van der Waals surface area contributed by atoms with Gasteiger partial charge >= 0.3 is 0 Å². The molecule has 0 aliphatic rings. The van der Waals surface area contributed by atoms with Gasteiger partial charge in [-0.05, 0) is 26.0 Å². The fourth-order valence-corrected chi connectivity index (χ4v) is 3.32. The van der Waals surface area contributed by atoms with Crippen LogP contribution in [0.25, 0.3) is 11.4 Å². The van der Waals surface area contributed by atoms with E-state index in [-0.39, 0.29) is 11.2 Å². The molecule has 0 saturated heterocycles. The van der Waals surface area contributed by atoms with Gasteiger partial charge in [0.1, 0.15) is 5.75 Å². The summed E-state index contributed by atoms with van der Waals surface area (Å²) in [7, 11) is 5.15. The molecule has 0 aliphatic heterocycles. The summed E-state index contributed by atoms with van der Waals surface area (Å²) < 4.78 is 7.41. The van der Waals surface area contributed by atoms with Crippen molar-refractivity contribution in [2.45, 2.75) is 30.8 Å². The maximum Gasteiger partial charge on any atom is 0.235 e. The second kappa shape index (κ2) is 7.50. The van der Waals surface area contributed by atoms with Crippen molar-refractivity contribution in [3.8, 4) is 17.1 Å².